The highest BCUT2D eigenvalue weighted by molar-refractivity contribution is 7.09. The van der Waals surface area contributed by atoms with E-state index < -0.39 is 0 Å². The van der Waals surface area contributed by atoms with Crippen molar-refractivity contribution in [3.05, 3.63) is 57.8 Å². The Morgan fingerprint density at radius 2 is 1.95 bits per heavy atom. The number of hydrogen-bond donors (Lipinski definition) is 2. The topological polar surface area (TPSA) is 45.7 Å². The zero-order valence-corrected chi connectivity index (χ0v) is 14.0. The van der Waals surface area contributed by atoms with Crippen LogP contribution in [0.25, 0.3) is 0 Å². The smallest absolute Gasteiger partial charge is 0.191 e. The molecule has 1 aromatic carbocycles. The normalized spacial score (nSPS) is 11.5. The Hall–Kier alpha value is -1.85. The van der Waals surface area contributed by atoms with E-state index in [1.165, 1.54) is 16.0 Å². The predicted octanol–water partition coefficient (Wildman–Crippen LogP) is 2.80. The van der Waals surface area contributed by atoms with Gasteiger partial charge in [-0.1, -0.05) is 30.3 Å². The maximum atomic E-state index is 5.24. The SMILES string of the molecule is CN=C(NCCc1cccs1)NCc1ccccc1COC. The third-order valence-electron chi connectivity index (χ3n) is 3.33. The van der Waals surface area contributed by atoms with E-state index in [1.807, 2.05) is 12.1 Å². The van der Waals surface area contributed by atoms with Crippen molar-refractivity contribution in [1.29, 1.82) is 0 Å². The summed E-state index contributed by atoms with van der Waals surface area (Å²) >= 11 is 1.79. The number of nitrogens with zero attached hydrogens (tertiary/aromatic N) is 1. The molecule has 0 saturated carbocycles. The lowest BCUT2D eigenvalue weighted by Gasteiger charge is -2.13. The van der Waals surface area contributed by atoms with Crippen molar-refractivity contribution in [3.8, 4) is 0 Å². The molecule has 1 heterocycles. The van der Waals surface area contributed by atoms with Crippen LogP contribution in [0.4, 0.5) is 0 Å². The monoisotopic (exact) mass is 317 g/mol. The minimum Gasteiger partial charge on any atom is -0.380 e. The van der Waals surface area contributed by atoms with Crippen LogP contribution in [0.3, 0.4) is 0 Å². The summed E-state index contributed by atoms with van der Waals surface area (Å²) in [7, 11) is 3.51. The zero-order chi connectivity index (χ0) is 15.6. The lowest BCUT2D eigenvalue weighted by Crippen LogP contribution is -2.38. The molecule has 5 heteroatoms. The maximum absolute atomic E-state index is 5.24. The van der Waals surface area contributed by atoms with Crippen molar-refractivity contribution in [2.45, 2.75) is 19.6 Å². The summed E-state index contributed by atoms with van der Waals surface area (Å²) < 4.78 is 5.24. The minimum absolute atomic E-state index is 0.627. The summed E-state index contributed by atoms with van der Waals surface area (Å²) in [6, 6.07) is 12.5. The van der Waals surface area contributed by atoms with E-state index in [9.17, 15) is 0 Å². The number of thiophene rings is 1. The summed E-state index contributed by atoms with van der Waals surface area (Å²) in [5, 5.41) is 8.80. The van der Waals surface area contributed by atoms with E-state index in [-0.39, 0.29) is 0 Å². The van der Waals surface area contributed by atoms with E-state index in [4.69, 9.17) is 4.74 Å². The quantitative estimate of drug-likeness (QED) is 0.610. The molecule has 0 bridgehead atoms. The Balaban J connectivity index is 1.81. The maximum Gasteiger partial charge on any atom is 0.191 e. The highest BCUT2D eigenvalue weighted by Crippen LogP contribution is 2.10. The molecule has 0 unspecified atom stereocenters. The van der Waals surface area contributed by atoms with E-state index in [2.05, 4.69) is 45.3 Å². The highest BCUT2D eigenvalue weighted by atomic mass is 32.1. The third-order valence-corrected chi connectivity index (χ3v) is 4.27. The number of rotatable bonds is 7. The Kier molecular flexibility index (Phi) is 6.93. The van der Waals surface area contributed by atoms with Gasteiger partial charge in [0, 0.05) is 32.1 Å². The molecule has 0 spiro atoms. The van der Waals surface area contributed by atoms with E-state index in [1.54, 1.807) is 25.5 Å². The number of guanidine groups is 1. The lowest BCUT2D eigenvalue weighted by molar-refractivity contribution is 0.184. The van der Waals surface area contributed by atoms with Crippen molar-refractivity contribution < 1.29 is 4.74 Å². The number of ether oxygens (including phenoxy) is 1. The highest BCUT2D eigenvalue weighted by Gasteiger charge is 2.03. The molecule has 0 aliphatic rings. The van der Waals surface area contributed by atoms with Crippen molar-refractivity contribution in [2.24, 2.45) is 4.99 Å². The second kappa shape index (κ2) is 9.23. The standard InChI is InChI=1S/C17H23N3OS/c1-18-17(19-10-9-16-8-5-11-22-16)20-12-14-6-3-4-7-15(14)13-21-2/h3-8,11H,9-10,12-13H2,1-2H3,(H2,18,19,20). The van der Waals surface area contributed by atoms with Crippen molar-refractivity contribution in [1.82, 2.24) is 10.6 Å². The predicted molar refractivity (Wildman–Crippen MR) is 93.4 cm³/mol. The van der Waals surface area contributed by atoms with E-state index in [0.717, 1.165) is 25.5 Å². The Bertz CT molecular complexity index is 581. The summed E-state index contributed by atoms with van der Waals surface area (Å²) in [6.07, 6.45) is 1.01. The van der Waals surface area contributed by atoms with Crippen LogP contribution in [0.15, 0.2) is 46.8 Å². The van der Waals surface area contributed by atoms with Crippen molar-refractivity contribution in [3.63, 3.8) is 0 Å². The first-order valence-corrected chi connectivity index (χ1v) is 8.24. The molecule has 0 radical (unpaired) electrons. The molecular weight excluding hydrogens is 294 g/mol. The van der Waals surface area contributed by atoms with Gasteiger partial charge in [-0.05, 0) is 29.0 Å². The van der Waals surface area contributed by atoms with Gasteiger partial charge < -0.3 is 15.4 Å². The van der Waals surface area contributed by atoms with Crippen LogP contribution in [-0.4, -0.2) is 26.7 Å². The van der Waals surface area contributed by atoms with Gasteiger partial charge >= 0.3 is 0 Å². The summed E-state index contributed by atoms with van der Waals surface area (Å²) in [4.78, 5) is 5.65. The molecular formula is C17H23N3OS. The Labute approximate surface area is 136 Å². The molecule has 0 amide bonds. The first kappa shape index (κ1) is 16.5. The second-order valence-electron chi connectivity index (χ2n) is 4.88. The molecule has 2 aromatic rings. The van der Waals surface area contributed by atoms with E-state index in [0.29, 0.717) is 6.61 Å². The Morgan fingerprint density at radius 1 is 1.14 bits per heavy atom. The fraction of sp³-hybridized carbons (Fsp3) is 0.353. The molecule has 0 fully saturated rings. The molecule has 22 heavy (non-hydrogen) atoms. The third kappa shape index (κ3) is 5.16. The molecule has 0 atom stereocenters. The molecule has 0 saturated heterocycles. The molecule has 1 aromatic heterocycles. The zero-order valence-electron chi connectivity index (χ0n) is 13.1. The summed E-state index contributed by atoms with van der Waals surface area (Å²) in [5.41, 5.74) is 2.43. The number of benzene rings is 1. The fourth-order valence-electron chi connectivity index (χ4n) is 2.18. The summed E-state index contributed by atoms with van der Waals surface area (Å²) in [5.74, 6) is 0.823. The van der Waals surface area contributed by atoms with E-state index >= 15 is 0 Å². The van der Waals surface area contributed by atoms with Crippen LogP contribution in [-0.2, 0) is 24.3 Å². The number of hydrogen-bond acceptors (Lipinski definition) is 3. The molecule has 118 valence electrons. The first-order chi connectivity index (χ1) is 10.8. The van der Waals surface area contributed by atoms with Crippen LogP contribution in [0, 0.1) is 0 Å². The van der Waals surface area contributed by atoms with Gasteiger partial charge in [0.1, 0.15) is 0 Å². The first-order valence-electron chi connectivity index (χ1n) is 7.36. The van der Waals surface area contributed by atoms with Gasteiger partial charge in [-0.25, -0.2) is 0 Å². The van der Waals surface area contributed by atoms with Gasteiger partial charge in [0.05, 0.1) is 6.61 Å². The molecule has 2 rings (SSSR count). The average molecular weight is 317 g/mol. The fourth-order valence-corrected chi connectivity index (χ4v) is 2.89. The largest absolute Gasteiger partial charge is 0.380 e. The molecule has 2 N–H and O–H groups in total. The van der Waals surface area contributed by atoms with Gasteiger partial charge in [-0.2, -0.15) is 0 Å². The van der Waals surface area contributed by atoms with Crippen LogP contribution in [0.1, 0.15) is 16.0 Å². The van der Waals surface area contributed by atoms with Crippen LogP contribution in [0.2, 0.25) is 0 Å². The van der Waals surface area contributed by atoms with Crippen molar-refractivity contribution in [2.75, 3.05) is 20.7 Å². The molecule has 4 nitrogen and oxygen atoms in total. The second-order valence-corrected chi connectivity index (χ2v) is 5.92. The van der Waals surface area contributed by atoms with Crippen molar-refractivity contribution >= 4 is 17.3 Å². The molecule has 0 aliphatic heterocycles. The Morgan fingerprint density at radius 3 is 2.64 bits per heavy atom. The van der Waals surface area contributed by atoms with Gasteiger partial charge in [0.2, 0.25) is 0 Å². The number of aliphatic imine (C=N–C) groups is 1. The van der Waals surface area contributed by atoms with Crippen LogP contribution >= 0.6 is 11.3 Å². The van der Waals surface area contributed by atoms with Gasteiger partial charge in [0.25, 0.3) is 0 Å². The number of methoxy groups -OCH3 is 1. The van der Waals surface area contributed by atoms with Crippen LogP contribution < -0.4 is 10.6 Å². The van der Waals surface area contributed by atoms with Gasteiger partial charge in [-0.3, -0.25) is 4.99 Å². The minimum atomic E-state index is 0.627. The summed E-state index contributed by atoms with van der Waals surface area (Å²) in [6.45, 7) is 2.24. The lowest BCUT2D eigenvalue weighted by atomic mass is 10.1. The number of nitrogens with one attached hydrogen (secondary N) is 2. The van der Waals surface area contributed by atoms with Gasteiger partial charge in [0.15, 0.2) is 5.96 Å². The van der Waals surface area contributed by atoms with Gasteiger partial charge in [-0.15, -0.1) is 11.3 Å². The van der Waals surface area contributed by atoms with Crippen LogP contribution in [0.5, 0.6) is 0 Å². The molecule has 0 aliphatic carbocycles. The average Bonchev–Trinajstić information content (AvgIpc) is 3.05.